The molecule has 0 saturated heterocycles. The zero-order chi connectivity index (χ0) is 12.8. The maximum absolute atomic E-state index is 10.5. The molecule has 0 spiro atoms. The fraction of sp³-hybridized carbons (Fsp3) is 0.667. The number of hydrogen-bond acceptors (Lipinski definition) is 4. The van der Waals surface area contributed by atoms with Gasteiger partial charge in [0.1, 0.15) is 0 Å². The molecule has 17 heavy (non-hydrogen) atoms. The van der Waals surface area contributed by atoms with E-state index in [9.17, 15) is 4.79 Å². The average Bonchev–Trinajstić information content (AvgIpc) is 2.63. The van der Waals surface area contributed by atoms with Gasteiger partial charge in [0.2, 0.25) is 0 Å². The van der Waals surface area contributed by atoms with Gasteiger partial charge in [-0.1, -0.05) is 20.3 Å². The Bertz CT molecular complexity index is 365. The molecule has 2 N–H and O–H groups in total. The summed E-state index contributed by atoms with van der Waals surface area (Å²) in [7, 11) is 0. The van der Waals surface area contributed by atoms with Crippen molar-refractivity contribution in [1.82, 2.24) is 4.98 Å². The van der Waals surface area contributed by atoms with Crippen molar-refractivity contribution >= 4 is 22.4 Å². The minimum atomic E-state index is -0.838. The van der Waals surface area contributed by atoms with Crippen molar-refractivity contribution in [3.05, 3.63) is 11.1 Å². The van der Waals surface area contributed by atoms with Crippen LogP contribution in [0.5, 0.6) is 0 Å². The summed E-state index contributed by atoms with van der Waals surface area (Å²) in [5, 5.41) is 14.6. The van der Waals surface area contributed by atoms with Crippen LogP contribution in [-0.2, 0) is 11.2 Å². The standard InChI is InChI=1S/C12H20N2O2S/c1-4-8(2)5-9(3)13-12-14-10(7-17-12)6-11(15)16/h7-9H,4-6H2,1-3H3,(H,13,14)(H,15,16). The minimum absolute atomic E-state index is 0.00206. The van der Waals surface area contributed by atoms with Gasteiger partial charge in [0.05, 0.1) is 12.1 Å². The van der Waals surface area contributed by atoms with E-state index < -0.39 is 5.97 Å². The lowest BCUT2D eigenvalue weighted by Crippen LogP contribution is -2.18. The Hall–Kier alpha value is -1.10. The molecule has 1 heterocycles. The van der Waals surface area contributed by atoms with Crippen molar-refractivity contribution in [2.75, 3.05) is 5.32 Å². The zero-order valence-corrected chi connectivity index (χ0v) is 11.4. The van der Waals surface area contributed by atoms with Gasteiger partial charge in [-0.05, 0) is 19.3 Å². The second kappa shape index (κ2) is 6.59. The number of nitrogens with one attached hydrogen (secondary N) is 1. The van der Waals surface area contributed by atoms with Crippen molar-refractivity contribution < 1.29 is 9.90 Å². The maximum Gasteiger partial charge on any atom is 0.309 e. The predicted molar refractivity (Wildman–Crippen MR) is 70.6 cm³/mol. The van der Waals surface area contributed by atoms with Gasteiger partial charge in [0.15, 0.2) is 5.13 Å². The molecule has 0 aromatic carbocycles. The molecule has 2 unspecified atom stereocenters. The number of rotatable bonds is 7. The van der Waals surface area contributed by atoms with E-state index >= 15 is 0 Å². The van der Waals surface area contributed by atoms with Crippen LogP contribution in [0.4, 0.5) is 5.13 Å². The predicted octanol–water partition coefficient (Wildman–Crippen LogP) is 3.01. The molecule has 0 saturated carbocycles. The number of thiazole rings is 1. The largest absolute Gasteiger partial charge is 0.481 e. The SMILES string of the molecule is CCC(C)CC(C)Nc1nc(CC(=O)O)cs1. The molecule has 5 heteroatoms. The monoisotopic (exact) mass is 256 g/mol. The number of carboxylic acid groups (broad SMARTS) is 1. The van der Waals surface area contributed by atoms with E-state index in [-0.39, 0.29) is 6.42 Å². The molecule has 0 bridgehead atoms. The number of hydrogen-bond donors (Lipinski definition) is 2. The molecular weight excluding hydrogens is 236 g/mol. The Kier molecular flexibility index (Phi) is 5.41. The molecule has 0 radical (unpaired) electrons. The molecule has 1 aromatic heterocycles. The van der Waals surface area contributed by atoms with Gasteiger partial charge < -0.3 is 10.4 Å². The van der Waals surface area contributed by atoms with E-state index in [1.54, 1.807) is 5.38 Å². The third kappa shape index (κ3) is 5.17. The van der Waals surface area contributed by atoms with Gasteiger partial charge in [-0.25, -0.2) is 4.98 Å². The molecule has 1 rings (SSSR count). The van der Waals surface area contributed by atoms with E-state index in [4.69, 9.17) is 5.11 Å². The lowest BCUT2D eigenvalue weighted by Gasteiger charge is -2.16. The van der Waals surface area contributed by atoms with E-state index in [0.717, 1.165) is 11.6 Å². The first-order valence-corrected chi connectivity index (χ1v) is 6.82. The van der Waals surface area contributed by atoms with Gasteiger partial charge in [-0.15, -0.1) is 11.3 Å². The molecule has 2 atom stereocenters. The Balaban J connectivity index is 2.45. The van der Waals surface area contributed by atoms with Crippen molar-refractivity contribution in [2.24, 2.45) is 5.92 Å². The molecule has 4 nitrogen and oxygen atoms in total. The van der Waals surface area contributed by atoms with Crippen molar-refractivity contribution in [1.29, 1.82) is 0 Å². The summed E-state index contributed by atoms with van der Waals surface area (Å²) in [6.07, 6.45) is 2.27. The van der Waals surface area contributed by atoms with E-state index in [2.05, 4.69) is 31.1 Å². The van der Waals surface area contributed by atoms with Crippen LogP contribution < -0.4 is 5.32 Å². The Morgan fingerprint density at radius 1 is 1.59 bits per heavy atom. The number of aliphatic carboxylic acids is 1. The molecule has 1 aromatic rings. The minimum Gasteiger partial charge on any atom is -0.481 e. The van der Waals surface area contributed by atoms with Gasteiger partial charge in [-0.2, -0.15) is 0 Å². The zero-order valence-electron chi connectivity index (χ0n) is 10.6. The Morgan fingerprint density at radius 2 is 2.29 bits per heavy atom. The second-order valence-corrected chi connectivity index (χ2v) is 5.37. The van der Waals surface area contributed by atoms with Gasteiger partial charge in [0, 0.05) is 11.4 Å². The Labute approximate surface area is 106 Å². The van der Waals surface area contributed by atoms with Gasteiger partial charge in [-0.3, -0.25) is 4.79 Å². The van der Waals surface area contributed by atoms with Crippen LogP contribution in [0.2, 0.25) is 0 Å². The van der Waals surface area contributed by atoms with Crippen molar-refractivity contribution in [2.45, 2.75) is 46.1 Å². The number of carbonyl (C=O) groups is 1. The summed E-state index contributed by atoms with van der Waals surface area (Å²) >= 11 is 1.47. The van der Waals surface area contributed by atoms with Crippen LogP contribution >= 0.6 is 11.3 Å². The van der Waals surface area contributed by atoms with Crippen LogP contribution in [0.3, 0.4) is 0 Å². The molecule has 96 valence electrons. The average molecular weight is 256 g/mol. The van der Waals surface area contributed by atoms with E-state index in [1.165, 1.54) is 17.8 Å². The highest BCUT2D eigenvalue weighted by Gasteiger charge is 2.10. The number of anilines is 1. The smallest absolute Gasteiger partial charge is 0.309 e. The fourth-order valence-corrected chi connectivity index (χ4v) is 2.47. The first-order chi connectivity index (χ1) is 8.01. The van der Waals surface area contributed by atoms with Crippen LogP contribution in [0.15, 0.2) is 5.38 Å². The highest BCUT2D eigenvalue weighted by molar-refractivity contribution is 7.13. The Morgan fingerprint density at radius 3 is 2.88 bits per heavy atom. The molecule has 0 fully saturated rings. The quantitative estimate of drug-likeness (QED) is 0.787. The van der Waals surface area contributed by atoms with E-state index in [0.29, 0.717) is 17.7 Å². The summed E-state index contributed by atoms with van der Waals surface area (Å²) in [5.41, 5.74) is 0.626. The van der Waals surface area contributed by atoms with Crippen LogP contribution in [0, 0.1) is 5.92 Å². The molecule has 0 aliphatic rings. The number of carboxylic acids is 1. The third-order valence-corrected chi connectivity index (χ3v) is 3.53. The topological polar surface area (TPSA) is 62.2 Å². The van der Waals surface area contributed by atoms with Crippen LogP contribution in [0.25, 0.3) is 0 Å². The summed E-state index contributed by atoms with van der Waals surface area (Å²) in [4.78, 5) is 14.8. The van der Waals surface area contributed by atoms with Gasteiger partial charge >= 0.3 is 5.97 Å². The highest BCUT2D eigenvalue weighted by Crippen LogP contribution is 2.19. The summed E-state index contributed by atoms with van der Waals surface area (Å²) in [5.74, 6) is -0.148. The molecule has 0 aliphatic carbocycles. The first kappa shape index (κ1) is 14.0. The van der Waals surface area contributed by atoms with E-state index in [1.807, 2.05) is 0 Å². The summed E-state index contributed by atoms with van der Waals surface area (Å²) in [6, 6.07) is 0.369. The second-order valence-electron chi connectivity index (χ2n) is 4.51. The molecule has 0 aliphatic heterocycles. The number of nitrogens with zero attached hydrogens (tertiary/aromatic N) is 1. The fourth-order valence-electron chi connectivity index (χ4n) is 1.65. The van der Waals surface area contributed by atoms with Gasteiger partial charge in [0.25, 0.3) is 0 Å². The van der Waals surface area contributed by atoms with Crippen molar-refractivity contribution in [3.8, 4) is 0 Å². The number of aromatic nitrogens is 1. The molecule has 0 amide bonds. The highest BCUT2D eigenvalue weighted by atomic mass is 32.1. The maximum atomic E-state index is 10.5. The summed E-state index contributed by atoms with van der Waals surface area (Å²) in [6.45, 7) is 6.55. The first-order valence-electron chi connectivity index (χ1n) is 5.94. The summed E-state index contributed by atoms with van der Waals surface area (Å²) < 4.78 is 0. The molecular formula is C12H20N2O2S. The lowest BCUT2D eigenvalue weighted by atomic mass is 10.0. The third-order valence-electron chi connectivity index (χ3n) is 2.71. The normalized spacial score (nSPS) is 14.3. The van der Waals surface area contributed by atoms with Crippen LogP contribution in [0.1, 0.15) is 39.3 Å². The van der Waals surface area contributed by atoms with Crippen molar-refractivity contribution in [3.63, 3.8) is 0 Å². The lowest BCUT2D eigenvalue weighted by molar-refractivity contribution is -0.136. The van der Waals surface area contributed by atoms with Crippen LogP contribution in [-0.4, -0.2) is 22.1 Å².